The molecule has 0 aromatic heterocycles. The maximum absolute atomic E-state index is 11.9. The van der Waals surface area contributed by atoms with Crippen LogP contribution in [0.1, 0.15) is 11.1 Å². The molecule has 2 rings (SSSR count). The number of hydrogen-bond donors (Lipinski definition) is 2. The van der Waals surface area contributed by atoms with Gasteiger partial charge in [-0.3, -0.25) is 14.4 Å². The van der Waals surface area contributed by atoms with E-state index >= 15 is 0 Å². The summed E-state index contributed by atoms with van der Waals surface area (Å²) in [7, 11) is 0. The van der Waals surface area contributed by atoms with Gasteiger partial charge in [-0.2, -0.15) is 0 Å². The van der Waals surface area contributed by atoms with Crippen molar-refractivity contribution in [1.82, 2.24) is 5.32 Å². The van der Waals surface area contributed by atoms with Gasteiger partial charge >= 0.3 is 5.97 Å². The molecule has 0 unspecified atom stereocenters. The van der Waals surface area contributed by atoms with Crippen LogP contribution in [0.4, 0.5) is 5.69 Å². The molecular weight excluding hydrogens is 400 g/mol. The SMILES string of the molecule is Cc1cccc(NC(=O)CSCC(=O)OCC(=O)NCc2ccc(Cl)cc2)c1. The number of benzene rings is 2. The first-order chi connectivity index (χ1) is 13.4. The standard InChI is InChI=1S/C20H21ClN2O4S/c1-14-3-2-4-17(9-14)23-19(25)12-28-13-20(26)27-11-18(24)22-10-15-5-7-16(21)8-6-15/h2-9H,10-13H2,1H3,(H,22,24)(H,23,25). The molecule has 6 nitrogen and oxygen atoms in total. The van der Waals surface area contributed by atoms with E-state index in [9.17, 15) is 14.4 Å². The summed E-state index contributed by atoms with van der Waals surface area (Å²) in [4.78, 5) is 35.2. The van der Waals surface area contributed by atoms with Crippen molar-refractivity contribution in [1.29, 1.82) is 0 Å². The Morgan fingerprint density at radius 3 is 2.50 bits per heavy atom. The van der Waals surface area contributed by atoms with Crippen LogP contribution in [0.5, 0.6) is 0 Å². The van der Waals surface area contributed by atoms with Crippen LogP contribution in [0, 0.1) is 6.92 Å². The number of halogens is 1. The van der Waals surface area contributed by atoms with Crippen LogP contribution in [0.3, 0.4) is 0 Å². The molecule has 0 atom stereocenters. The Morgan fingerprint density at radius 1 is 1.04 bits per heavy atom. The molecule has 2 aromatic rings. The first-order valence-electron chi connectivity index (χ1n) is 8.53. The molecule has 8 heteroatoms. The molecule has 0 spiro atoms. The number of anilines is 1. The number of hydrogen-bond acceptors (Lipinski definition) is 5. The van der Waals surface area contributed by atoms with Crippen LogP contribution in [0.15, 0.2) is 48.5 Å². The topological polar surface area (TPSA) is 84.5 Å². The third-order valence-corrected chi connectivity index (χ3v) is 4.68. The minimum absolute atomic E-state index is 0.00823. The number of thioether (sulfide) groups is 1. The number of rotatable bonds is 9. The maximum Gasteiger partial charge on any atom is 0.316 e. The van der Waals surface area contributed by atoms with E-state index in [1.54, 1.807) is 30.3 Å². The fourth-order valence-electron chi connectivity index (χ4n) is 2.19. The highest BCUT2D eigenvalue weighted by Crippen LogP contribution is 2.11. The Kier molecular flexibility index (Phi) is 8.84. The van der Waals surface area contributed by atoms with Crippen molar-refractivity contribution in [3.8, 4) is 0 Å². The second-order valence-corrected chi connectivity index (χ2v) is 7.40. The average Bonchev–Trinajstić information content (AvgIpc) is 2.66. The van der Waals surface area contributed by atoms with Gasteiger partial charge < -0.3 is 15.4 Å². The lowest BCUT2D eigenvalue weighted by atomic mass is 10.2. The zero-order chi connectivity index (χ0) is 20.4. The number of nitrogens with one attached hydrogen (secondary N) is 2. The molecular formula is C20H21ClN2O4S. The molecule has 0 heterocycles. The van der Waals surface area contributed by atoms with E-state index in [2.05, 4.69) is 10.6 Å². The van der Waals surface area contributed by atoms with Gasteiger partial charge in [-0.25, -0.2) is 0 Å². The molecule has 0 bridgehead atoms. The Bertz CT molecular complexity index is 827. The van der Waals surface area contributed by atoms with Gasteiger partial charge in [0, 0.05) is 17.3 Å². The number of ether oxygens (including phenoxy) is 1. The van der Waals surface area contributed by atoms with Gasteiger partial charge in [0.2, 0.25) is 5.91 Å². The highest BCUT2D eigenvalue weighted by Gasteiger charge is 2.10. The first-order valence-corrected chi connectivity index (χ1v) is 10.1. The monoisotopic (exact) mass is 420 g/mol. The summed E-state index contributed by atoms with van der Waals surface area (Å²) in [6.45, 7) is 1.90. The molecule has 0 aliphatic carbocycles. The van der Waals surface area contributed by atoms with Crippen molar-refractivity contribution in [2.45, 2.75) is 13.5 Å². The van der Waals surface area contributed by atoms with E-state index in [0.29, 0.717) is 17.3 Å². The number of carbonyl (C=O) groups excluding carboxylic acids is 3. The molecule has 2 amide bonds. The Hall–Kier alpha value is -2.51. The smallest absolute Gasteiger partial charge is 0.316 e. The normalized spacial score (nSPS) is 10.2. The minimum atomic E-state index is -0.546. The minimum Gasteiger partial charge on any atom is -0.455 e. The van der Waals surface area contributed by atoms with Crippen molar-refractivity contribution in [3.05, 3.63) is 64.7 Å². The van der Waals surface area contributed by atoms with Crippen molar-refractivity contribution in [2.75, 3.05) is 23.4 Å². The number of carbonyl (C=O) groups is 3. The van der Waals surface area contributed by atoms with E-state index < -0.39 is 11.9 Å². The van der Waals surface area contributed by atoms with Gasteiger partial charge in [0.1, 0.15) is 0 Å². The third kappa shape index (κ3) is 8.45. The number of amides is 2. The molecule has 0 saturated carbocycles. The van der Waals surface area contributed by atoms with E-state index in [4.69, 9.17) is 16.3 Å². The number of aryl methyl sites for hydroxylation is 1. The third-order valence-electron chi connectivity index (χ3n) is 3.52. The summed E-state index contributed by atoms with van der Waals surface area (Å²) in [6.07, 6.45) is 0. The van der Waals surface area contributed by atoms with E-state index in [-0.39, 0.29) is 24.0 Å². The fourth-order valence-corrected chi connectivity index (χ4v) is 2.92. The van der Waals surface area contributed by atoms with Crippen LogP contribution in [0.2, 0.25) is 5.02 Å². The zero-order valence-electron chi connectivity index (χ0n) is 15.4. The van der Waals surface area contributed by atoms with E-state index in [0.717, 1.165) is 22.9 Å². The quantitative estimate of drug-likeness (QED) is 0.608. The molecule has 0 radical (unpaired) electrons. The second kappa shape index (κ2) is 11.4. The summed E-state index contributed by atoms with van der Waals surface area (Å²) < 4.78 is 4.90. The van der Waals surface area contributed by atoms with Gasteiger partial charge in [0.25, 0.3) is 5.91 Å². The lowest BCUT2D eigenvalue weighted by Gasteiger charge is -2.07. The lowest BCUT2D eigenvalue weighted by Crippen LogP contribution is -2.28. The van der Waals surface area contributed by atoms with Crippen molar-refractivity contribution in [3.63, 3.8) is 0 Å². The summed E-state index contributed by atoms with van der Waals surface area (Å²) in [6, 6.07) is 14.5. The van der Waals surface area contributed by atoms with Crippen LogP contribution < -0.4 is 10.6 Å². The summed E-state index contributed by atoms with van der Waals surface area (Å²) in [5.41, 5.74) is 2.65. The molecule has 2 aromatic carbocycles. The van der Waals surface area contributed by atoms with Crippen LogP contribution in [-0.2, 0) is 25.7 Å². The van der Waals surface area contributed by atoms with Crippen molar-refractivity contribution < 1.29 is 19.1 Å². The van der Waals surface area contributed by atoms with Gasteiger partial charge in [-0.1, -0.05) is 35.9 Å². The highest BCUT2D eigenvalue weighted by atomic mass is 35.5. The predicted molar refractivity (Wildman–Crippen MR) is 111 cm³/mol. The Morgan fingerprint density at radius 2 is 1.79 bits per heavy atom. The number of esters is 1. The molecule has 0 saturated heterocycles. The Labute approximate surface area is 173 Å². The summed E-state index contributed by atoms with van der Waals surface area (Å²) in [5, 5.41) is 6.03. The van der Waals surface area contributed by atoms with Gasteiger partial charge in [0.15, 0.2) is 6.61 Å². The fraction of sp³-hybridized carbons (Fsp3) is 0.250. The van der Waals surface area contributed by atoms with E-state index in [1.807, 2.05) is 25.1 Å². The highest BCUT2D eigenvalue weighted by molar-refractivity contribution is 8.00. The largest absolute Gasteiger partial charge is 0.455 e. The van der Waals surface area contributed by atoms with Gasteiger partial charge in [0.05, 0.1) is 11.5 Å². The molecule has 2 N–H and O–H groups in total. The van der Waals surface area contributed by atoms with Crippen LogP contribution in [0.25, 0.3) is 0 Å². The zero-order valence-corrected chi connectivity index (χ0v) is 16.9. The van der Waals surface area contributed by atoms with Crippen molar-refractivity contribution in [2.24, 2.45) is 0 Å². The lowest BCUT2D eigenvalue weighted by molar-refractivity contribution is -0.145. The maximum atomic E-state index is 11.9. The summed E-state index contributed by atoms with van der Waals surface area (Å²) >= 11 is 6.92. The molecule has 0 aliphatic rings. The predicted octanol–water partition coefficient (Wildman–Crippen LogP) is 3.18. The van der Waals surface area contributed by atoms with Gasteiger partial charge in [-0.15, -0.1) is 11.8 Å². The van der Waals surface area contributed by atoms with Gasteiger partial charge in [-0.05, 0) is 42.3 Å². The van der Waals surface area contributed by atoms with E-state index in [1.165, 1.54) is 0 Å². The molecule has 0 aliphatic heterocycles. The molecule has 0 fully saturated rings. The van der Waals surface area contributed by atoms with Crippen LogP contribution in [-0.4, -0.2) is 35.9 Å². The first kappa shape index (κ1) is 21.8. The van der Waals surface area contributed by atoms with Crippen molar-refractivity contribution >= 4 is 46.8 Å². The molecule has 148 valence electrons. The Balaban J connectivity index is 1.58. The summed E-state index contributed by atoms with van der Waals surface area (Å²) in [5.74, 6) is -1.04. The average molecular weight is 421 g/mol. The van der Waals surface area contributed by atoms with Crippen LogP contribution >= 0.6 is 23.4 Å². The molecule has 28 heavy (non-hydrogen) atoms. The second-order valence-electron chi connectivity index (χ2n) is 5.97.